The molecule has 0 radical (unpaired) electrons. The summed E-state index contributed by atoms with van der Waals surface area (Å²) in [4.78, 5) is 1.53. The second-order valence-corrected chi connectivity index (χ2v) is 4.22. The molecule has 1 rings (SSSR count). The molecule has 0 N–H and O–H groups in total. The maximum absolute atomic E-state index is 2.31. The molecule has 13 heavy (non-hydrogen) atoms. The van der Waals surface area contributed by atoms with Gasteiger partial charge in [0.25, 0.3) is 0 Å². The Labute approximate surface area is 85.3 Å². The number of thiophene rings is 1. The molecule has 1 atom stereocenters. The monoisotopic (exact) mass is 194 g/mol. The molecule has 0 fully saturated rings. The van der Waals surface area contributed by atoms with Crippen molar-refractivity contribution in [2.45, 2.75) is 39.0 Å². The first-order valence-corrected chi connectivity index (χ1v) is 5.94. The summed E-state index contributed by atoms with van der Waals surface area (Å²) in [6, 6.07) is 4.39. The van der Waals surface area contributed by atoms with E-state index in [1.54, 1.807) is 0 Å². The first-order valence-electron chi connectivity index (χ1n) is 5.06. The van der Waals surface area contributed by atoms with Crippen LogP contribution >= 0.6 is 11.3 Å². The van der Waals surface area contributed by atoms with Crippen LogP contribution in [0.3, 0.4) is 0 Å². The van der Waals surface area contributed by atoms with Crippen LogP contribution in [-0.4, -0.2) is 0 Å². The van der Waals surface area contributed by atoms with E-state index in [1.807, 2.05) is 11.3 Å². The van der Waals surface area contributed by atoms with E-state index >= 15 is 0 Å². The molecule has 0 amide bonds. The van der Waals surface area contributed by atoms with Gasteiger partial charge in [0.05, 0.1) is 0 Å². The minimum atomic E-state index is 0.739. The molecular formula is C12H18S. The van der Waals surface area contributed by atoms with E-state index in [9.17, 15) is 0 Å². The van der Waals surface area contributed by atoms with E-state index in [4.69, 9.17) is 0 Å². The van der Waals surface area contributed by atoms with E-state index in [0.717, 1.165) is 12.3 Å². The van der Waals surface area contributed by atoms with Crippen LogP contribution in [0.2, 0.25) is 0 Å². The fourth-order valence-electron chi connectivity index (χ4n) is 1.43. The molecule has 1 heteroatoms. The fourth-order valence-corrected chi connectivity index (χ4v) is 2.36. The molecule has 0 saturated heterocycles. The second-order valence-electron chi connectivity index (χ2n) is 3.24. The van der Waals surface area contributed by atoms with Gasteiger partial charge in [0.15, 0.2) is 0 Å². The summed E-state index contributed by atoms with van der Waals surface area (Å²) in [7, 11) is 0. The Morgan fingerprint density at radius 3 is 2.77 bits per heavy atom. The average Bonchev–Trinajstić information content (AvgIpc) is 2.65. The molecule has 0 bridgehead atoms. The highest BCUT2D eigenvalue weighted by Gasteiger charge is 2.07. The minimum absolute atomic E-state index is 0.739. The standard InChI is InChI=1S/C12H18S/c1-3-5-6-8-11(4-2)12-9-7-10-13-12/h5-7,9-11H,3-4,8H2,1-2H3/b6-5-. The Kier molecular flexibility index (Phi) is 4.84. The summed E-state index contributed by atoms with van der Waals surface area (Å²) in [5, 5.41) is 2.17. The maximum atomic E-state index is 2.31. The van der Waals surface area contributed by atoms with Crippen molar-refractivity contribution in [3.8, 4) is 0 Å². The summed E-state index contributed by atoms with van der Waals surface area (Å²) in [5.41, 5.74) is 0. The Hall–Kier alpha value is -0.560. The zero-order chi connectivity index (χ0) is 9.52. The largest absolute Gasteiger partial charge is 0.149 e. The van der Waals surface area contributed by atoms with Crippen LogP contribution in [0.5, 0.6) is 0 Å². The average molecular weight is 194 g/mol. The predicted octanol–water partition coefficient (Wildman–Crippen LogP) is 4.60. The van der Waals surface area contributed by atoms with Crippen molar-refractivity contribution < 1.29 is 0 Å². The van der Waals surface area contributed by atoms with Crippen LogP contribution in [0.25, 0.3) is 0 Å². The molecule has 0 spiro atoms. The maximum Gasteiger partial charge on any atom is 0.00791 e. The van der Waals surface area contributed by atoms with Crippen molar-refractivity contribution in [2.75, 3.05) is 0 Å². The van der Waals surface area contributed by atoms with E-state index in [2.05, 4.69) is 43.5 Å². The van der Waals surface area contributed by atoms with Gasteiger partial charge in [0.2, 0.25) is 0 Å². The van der Waals surface area contributed by atoms with Gasteiger partial charge in [-0.3, -0.25) is 0 Å². The Morgan fingerprint density at radius 2 is 2.23 bits per heavy atom. The molecule has 1 aromatic rings. The quantitative estimate of drug-likeness (QED) is 0.601. The minimum Gasteiger partial charge on any atom is -0.149 e. The molecule has 0 nitrogen and oxygen atoms in total. The molecule has 1 aromatic heterocycles. The van der Waals surface area contributed by atoms with Gasteiger partial charge in [0, 0.05) is 4.88 Å². The van der Waals surface area contributed by atoms with Crippen molar-refractivity contribution in [1.29, 1.82) is 0 Å². The smallest absolute Gasteiger partial charge is 0.00791 e. The Bertz CT molecular complexity index is 234. The zero-order valence-corrected chi connectivity index (χ0v) is 9.31. The Balaban J connectivity index is 2.49. The summed E-state index contributed by atoms with van der Waals surface area (Å²) < 4.78 is 0. The lowest BCUT2D eigenvalue weighted by atomic mass is 10.0. The van der Waals surface area contributed by atoms with E-state index in [1.165, 1.54) is 17.7 Å². The van der Waals surface area contributed by atoms with Crippen LogP contribution in [0.15, 0.2) is 29.7 Å². The first kappa shape index (κ1) is 10.5. The topological polar surface area (TPSA) is 0 Å². The summed E-state index contributed by atoms with van der Waals surface area (Å²) in [6.07, 6.45) is 8.17. The highest BCUT2D eigenvalue weighted by atomic mass is 32.1. The molecule has 1 unspecified atom stereocenters. The number of rotatable bonds is 5. The highest BCUT2D eigenvalue weighted by molar-refractivity contribution is 7.10. The van der Waals surface area contributed by atoms with Crippen LogP contribution in [0.1, 0.15) is 43.9 Å². The molecule has 0 aliphatic rings. The van der Waals surface area contributed by atoms with E-state index in [0.29, 0.717) is 0 Å². The van der Waals surface area contributed by atoms with Gasteiger partial charge in [-0.1, -0.05) is 32.1 Å². The van der Waals surface area contributed by atoms with E-state index < -0.39 is 0 Å². The van der Waals surface area contributed by atoms with Crippen molar-refractivity contribution in [3.05, 3.63) is 34.5 Å². The predicted molar refractivity (Wildman–Crippen MR) is 61.4 cm³/mol. The molecule has 1 heterocycles. The Morgan fingerprint density at radius 1 is 1.38 bits per heavy atom. The highest BCUT2D eigenvalue weighted by Crippen LogP contribution is 2.27. The third-order valence-electron chi connectivity index (χ3n) is 2.26. The van der Waals surface area contributed by atoms with Crippen LogP contribution in [0.4, 0.5) is 0 Å². The molecule has 0 aliphatic carbocycles. The van der Waals surface area contributed by atoms with Gasteiger partial charge < -0.3 is 0 Å². The first-order chi connectivity index (χ1) is 6.38. The van der Waals surface area contributed by atoms with Crippen LogP contribution in [0, 0.1) is 0 Å². The lowest BCUT2D eigenvalue weighted by Crippen LogP contribution is -1.91. The van der Waals surface area contributed by atoms with Crippen molar-refractivity contribution in [1.82, 2.24) is 0 Å². The molecule has 0 aromatic carbocycles. The summed E-state index contributed by atoms with van der Waals surface area (Å²) in [5.74, 6) is 0.739. The van der Waals surface area contributed by atoms with Crippen molar-refractivity contribution >= 4 is 11.3 Å². The molecule has 72 valence electrons. The third kappa shape index (κ3) is 3.35. The number of hydrogen-bond acceptors (Lipinski definition) is 1. The normalized spacial score (nSPS) is 13.7. The van der Waals surface area contributed by atoms with E-state index in [-0.39, 0.29) is 0 Å². The van der Waals surface area contributed by atoms with Gasteiger partial charge in [-0.2, -0.15) is 0 Å². The summed E-state index contributed by atoms with van der Waals surface area (Å²) in [6.45, 7) is 4.45. The van der Waals surface area contributed by atoms with Crippen molar-refractivity contribution in [2.24, 2.45) is 0 Å². The van der Waals surface area contributed by atoms with Crippen LogP contribution < -0.4 is 0 Å². The zero-order valence-electron chi connectivity index (χ0n) is 8.49. The third-order valence-corrected chi connectivity index (χ3v) is 3.30. The summed E-state index contributed by atoms with van der Waals surface area (Å²) >= 11 is 1.88. The van der Waals surface area contributed by atoms with Gasteiger partial charge in [-0.05, 0) is 36.6 Å². The van der Waals surface area contributed by atoms with Gasteiger partial charge in [-0.25, -0.2) is 0 Å². The number of hydrogen-bond donors (Lipinski definition) is 0. The van der Waals surface area contributed by atoms with Gasteiger partial charge in [0.1, 0.15) is 0 Å². The van der Waals surface area contributed by atoms with Crippen molar-refractivity contribution in [3.63, 3.8) is 0 Å². The van der Waals surface area contributed by atoms with Gasteiger partial charge >= 0.3 is 0 Å². The molecule has 0 aliphatic heterocycles. The lowest BCUT2D eigenvalue weighted by molar-refractivity contribution is 0.686. The molecule has 0 saturated carbocycles. The van der Waals surface area contributed by atoms with Gasteiger partial charge in [-0.15, -0.1) is 11.3 Å². The SMILES string of the molecule is CC/C=C\CC(CC)c1cccs1. The second kappa shape index (κ2) is 5.98. The molecular weight excluding hydrogens is 176 g/mol. The van der Waals surface area contributed by atoms with Crippen LogP contribution in [-0.2, 0) is 0 Å². The lowest BCUT2D eigenvalue weighted by Gasteiger charge is -2.09. The number of allylic oxidation sites excluding steroid dienone is 2. The fraction of sp³-hybridized carbons (Fsp3) is 0.500.